The van der Waals surface area contributed by atoms with Gasteiger partial charge in [0.15, 0.2) is 0 Å². The van der Waals surface area contributed by atoms with Crippen LogP contribution in [0.25, 0.3) is 11.3 Å². The second-order valence-corrected chi connectivity index (χ2v) is 4.52. The average Bonchev–Trinajstić information content (AvgIpc) is 2.71. The van der Waals surface area contributed by atoms with Crippen LogP contribution in [0.1, 0.15) is 29.6 Å². The summed E-state index contributed by atoms with van der Waals surface area (Å²) >= 11 is 0. The molecule has 0 saturated heterocycles. The third-order valence-electron chi connectivity index (χ3n) is 3.32. The lowest BCUT2D eigenvalue weighted by molar-refractivity contribution is 0.894. The SMILES string of the molecule is CCc1nc2c([nH]1)-c1ccc(C)cc1CC2. The van der Waals surface area contributed by atoms with Crippen LogP contribution in [0.15, 0.2) is 18.2 Å². The molecule has 0 atom stereocenters. The molecule has 0 unspecified atom stereocenters. The lowest BCUT2D eigenvalue weighted by Gasteiger charge is -2.15. The molecule has 1 aliphatic carbocycles. The topological polar surface area (TPSA) is 28.7 Å². The fraction of sp³-hybridized carbons (Fsp3) is 0.357. The summed E-state index contributed by atoms with van der Waals surface area (Å²) in [7, 11) is 0. The van der Waals surface area contributed by atoms with Crippen molar-refractivity contribution in [2.24, 2.45) is 0 Å². The molecule has 0 amide bonds. The van der Waals surface area contributed by atoms with E-state index in [-0.39, 0.29) is 0 Å². The van der Waals surface area contributed by atoms with E-state index in [1.165, 1.54) is 28.1 Å². The van der Waals surface area contributed by atoms with E-state index in [2.05, 4.69) is 42.0 Å². The van der Waals surface area contributed by atoms with Gasteiger partial charge in [0, 0.05) is 12.0 Å². The maximum absolute atomic E-state index is 4.64. The van der Waals surface area contributed by atoms with Crippen molar-refractivity contribution in [1.82, 2.24) is 9.97 Å². The third kappa shape index (κ3) is 1.37. The number of aryl methyl sites for hydroxylation is 4. The van der Waals surface area contributed by atoms with Gasteiger partial charge in [-0.25, -0.2) is 4.98 Å². The minimum atomic E-state index is 0.980. The zero-order valence-electron chi connectivity index (χ0n) is 9.80. The molecule has 2 aromatic rings. The molecule has 1 aromatic carbocycles. The normalized spacial score (nSPS) is 13.4. The van der Waals surface area contributed by atoms with Gasteiger partial charge in [-0.1, -0.05) is 30.7 Å². The first-order valence-electron chi connectivity index (χ1n) is 5.95. The Morgan fingerprint density at radius 1 is 1.31 bits per heavy atom. The number of fused-ring (bicyclic) bond motifs is 3. The first kappa shape index (κ1) is 9.64. The van der Waals surface area contributed by atoms with Crippen molar-refractivity contribution < 1.29 is 0 Å². The van der Waals surface area contributed by atoms with E-state index < -0.39 is 0 Å². The summed E-state index contributed by atoms with van der Waals surface area (Å²) in [6.07, 6.45) is 3.18. The Hall–Kier alpha value is -1.57. The number of nitrogens with one attached hydrogen (secondary N) is 1. The molecule has 0 spiro atoms. The highest BCUT2D eigenvalue weighted by Gasteiger charge is 2.19. The summed E-state index contributed by atoms with van der Waals surface area (Å²) < 4.78 is 0. The molecule has 1 heterocycles. The highest BCUT2D eigenvalue weighted by atomic mass is 14.9. The first-order valence-corrected chi connectivity index (χ1v) is 5.95. The molecule has 2 nitrogen and oxygen atoms in total. The van der Waals surface area contributed by atoms with Crippen LogP contribution in [0.5, 0.6) is 0 Å². The maximum atomic E-state index is 4.64. The van der Waals surface area contributed by atoms with E-state index in [0.29, 0.717) is 0 Å². The van der Waals surface area contributed by atoms with Crippen molar-refractivity contribution in [3.63, 3.8) is 0 Å². The number of aromatic amines is 1. The molecule has 0 radical (unpaired) electrons. The maximum Gasteiger partial charge on any atom is 0.106 e. The fourth-order valence-corrected chi connectivity index (χ4v) is 2.46. The van der Waals surface area contributed by atoms with Gasteiger partial charge in [-0.2, -0.15) is 0 Å². The van der Waals surface area contributed by atoms with E-state index in [1.807, 2.05) is 0 Å². The number of H-pyrrole nitrogens is 1. The standard InChI is InChI=1S/C14H16N2/c1-3-13-15-12-7-5-10-8-9(2)4-6-11(10)14(12)16-13/h4,6,8H,3,5,7H2,1-2H3,(H,15,16). The number of aromatic nitrogens is 2. The van der Waals surface area contributed by atoms with Gasteiger partial charge in [0.1, 0.15) is 5.82 Å². The molecule has 1 N–H and O–H groups in total. The van der Waals surface area contributed by atoms with Gasteiger partial charge in [-0.3, -0.25) is 0 Å². The Bertz CT molecular complexity index is 538. The van der Waals surface area contributed by atoms with Gasteiger partial charge < -0.3 is 4.98 Å². The summed E-state index contributed by atoms with van der Waals surface area (Å²) in [6, 6.07) is 6.70. The van der Waals surface area contributed by atoms with Crippen LogP contribution in [-0.4, -0.2) is 9.97 Å². The van der Waals surface area contributed by atoms with E-state index in [4.69, 9.17) is 0 Å². The average molecular weight is 212 g/mol. The van der Waals surface area contributed by atoms with E-state index >= 15 is 0 Å². The molecule has 0 aliphatic heterocycles. The molecule has 1 aliphatic rings. The van der Waals surface area contributed by atoms with Crippen molar-refractivity contribution in [2.75, 3.05) is 0 Å². The lowest BCUT2D eigenvalue weighted by Crippen LogP contribution is -2.03. The molecule has 3 rings (SSSR count). The Morgan fingerprint density at radius 3 is 3.00 bits per heavy atom. The molecule has 82 valence electrons. The van der Waals surface area contributed by atoms with Crippen molar-refractivity contribution in [3.05, 3.63) is 40.8 Å². The highest BCUT2D eigenvalue weighted by Crippen LogP contribution is 2.32. The van der Waals surface area contributed by atoms with Crippen molar-refractivity contribution >= 4 is 0 Å². The number of nitrogens with zero attached hydrogens (tertiary/aromatic N) is 1. The van der Waals surface area contributed by atoms with Gasteiger partial charge >= 0.3 is 0 Å². The van der Waals surface area contributed by atoms with Gasteiger partial charge in [0.05, 0.1) is 11.4 Å². The molecule has 0 fully saturated rings. The summed E-state index contributed by atoms with van der Waals surface area (Å²) in [5.41, 5.74) is 6.64. The summed E-state index contributed by atoms with van der Waals surface area (Å²) in [6.45, 7) is 4.29. The van der Waals surface area contributed by atoms with Crippen LogP contribution in [0.4, 0.5) is 0 Å². The number of hydrogen-bond donors (Lipinski definition) is 1. The van der Waals surface area contributed by atoms with Gasteiger partial charge in [-0.05, 0) is 25.3 Å². The largest absolute Gasteiger partial charge is 0.342 e. The third-order valence-corrected chi connectivity index (χ3v) is 3.32. The summed E-state index contributed by atoms with van der Waals surface area (Å²) in [4.78, 5) is 8.08. The lowest BCUT2D eigenvalue weighted by atomic mass is 9.91. The van der Waals surface area contributed by atoms with Gasteiger partial charge in [-0.15, -0.1) is 0 Å². The molecule has 2 heteroatoms. The Balaban J connectivity index is 2.18. The van der Waals surface area contributed by atoms with Gasteiger partial charge in [0.2, 0.25) is 0 Å². The minimum Gasteiger partial charge on any atom is -0.342 e. The number of rotatable bonds is 1. The molecule has 0 saturated carbocycles. The minimum absolute atomic E-state index is 0.980. The highest BCUT2D eigenvalue weighted by molar-refractivity contribution is 5.69. The zero-order valence-corrected chi connectivity index (χ0v) is 9.80. The quantitative estimate of drug-likeness (QED) is 0.773. The van der Waals surface area contributed by atoms with Crippen LogP contribution in [0, 0.1) is 6.92 Å². The van der Waals surface area contributed by atoms with Crippen molar-refractivity contribution in [3.8, 4) is 11.3 Å². The summed E-state index contributed by atoms with van der Waals surface area (Å²) in [5, 5.41) is 0. The van der Waals surface area contributed by atoms with Crippen LogP contribution >= 0.6 is 0 Å². The van der Waals surface area contributed by atoms with Crippen LogP contribution in [0.3, 0.4) is 0 Å². The zero-order chi connectivity index (χ0) is 11.1. The van der Waals surface area contributed by atoms with Crippen LogP contribution in [0.2, 0.25) is 0 Å². The first-order chi connectivity index (χ1) is 7.78. The fourth-order valence-electron chi connectivity index (χ4n) is 2.46. The van der Waals surface area contributed by atoms with E-state index in [0.717, 1.165) is 25.1 Å². The van der Waals surface area contributed by atoms with E-state index in [1.54, 1.807) is 0 Å². The Kier molecular flexibility index (Phi) is 2.10. The summed E-state index contributed by atoms with van der Waals surface area (Å²) in [5.74, 6) is 1.11. The monoisotopic (exact) mass is 212 g/mol. The predicted octanol–water partition coefficient (Wildman–Crippen LogP) is 3.05. The Morgan fingerprint density at radius 2 is 2.19 bits per heavy atom. The molecule has 0 bridgehead atoms. The predicted molar refractivity (Wildman–Crippen MR) is 65.5 cm³/mol. The van der Waals surface area contributed by atoms with Crippen LogP contribution in [-0.2, 0) is 19.3 Å². The van der Waals surface area contributed by atoms with Crippen molar-refractivity contribution in [2.45, 2.75) is 33.1 Å². The smallest absolute Gasteiger partial charge is 0.106 e. The molecule has 16 heavy (non-hydrogen) atoms. The Labute approximate surface area is 95.7 Å². The number of benzene rings is 1. The number of hydrogen-bond acceptors (Lipinski definition) is 1. The van der Waals surface area contributed by atoms with Crippen LogP contribution < -0.4 is 0 Å². The second-order valence-electron chi connectivity index (χ2n) is 4.52. The molecular formula is C14H16N2. The van der Waals surface area contributed by atoms with Gasteiger partial charge in [0.25, 0.3) is 0 Å². The molecule has 1 aromatic heterocycles. The number of imidazole rings is 1. The second kappa shape index (κ2) is 3.48. The molecular weight excluding hydrogens is 196 g/mol. The van der Waals surface area contributed by atoms with E-state index in [9.17, 15) is 0 Å². The van der Waals surface area contributed by atoms with Crippen molar-refractivity contribution in [1.29, 1.82) is 0 Å².